The summed E-state index contributed by atoms with van der Waals surface area (Å²) >= 11 is 0. The number of amides is 7. The quantitative estimate of drug-likeness (QED) is 0.256. The number of rotatable bonds is 6. The van der Waals surface area contributed by atoms with Crippen LogP contribution in [0.25, 0.3) is 0 Å². The van der Waals surface area contributed by atoms with E-state index in [4.69, 9.17) is 5.11 Å². The summed E-state index contributed by atoms with van der Waals surface area (Å²) in [6, 6.07) is 16.3. The molecule has 7 heterocycles. The minimum absolute atomic E-state index is 0.00926. The number of phenols is 1. The number of carbonyl (C=O) groups is 7. The standard InChI is InChI=1S/C11H9NO2.C11H15NO.C11H9NO.C9H13NO.2C6H7NO.C5H5NO/c1-8-2-7-11(14)12(8)9-3-5-10(13)6-4-9;2*1-9-7-8-11(13)12(9)10-5-3-2-4-6-10;1-3-4-7-10-8(2)5-6-9(10)11;1-5-3-4-6(8)7(5)2;1-4-3-6(8)7-5(4)2;1-4-2-3-5(7)6-4/h2-7,13H,1H2;7-8,10H,1-6H2;2-8H,1H2;5-6H,2-4,7H2,1H3;3-4H,1H2,2H3;3H,2H2,1H3,(H,7,8);2-3H,1H2,(H,6,7). The van der Waals surface area contributed by atoms with Gasteiger partial charge in [-0.1, -0.05) is 96.9 Å². The van der Waals surface area contributed by atoms with Gasteiger partial charge in [0.05, 0.1) is 0 Å². The molecule has 1 aliphatic carbocycles. The highest BCUT2D eigenvalue weighted by Crippen LogP contribution is 2.29. The molecule has 0 unspecified atom stereocenters. The average molecular weight is 1000 g/mol. The van der Waals surface area contributed by atoms with Crippen LogP contribution in [0.3, 0.4) is 0 Å². The van der Waals surface area contributed by atoms with Crippen molar-refractivity contribution in [2.24, 2.45) is 0 Å². The van der Waals surface area contributed by atoms with E-state index < -0.39 is 0 Å². The summed E-state index contributed by atoms with van der Waals surface area (Å²) in [5, 5.41) is 14.1. The summed E-state index contributed by atoms with van der Waals surface area (Å²) in [4.78, 5) is 84.6. The zero-order valence-electron chi connectivity index (χ0n) is 42.4. The fourth-order valence-electron chi connectivity index (χ4n) is 7.48. The number of hydrogen-bond donors (Lipinski definition) is 3. The first-order valence-electron chi connectivity index (χ1n) is 23.9. The third kappa shape index (κ3) is 17.0. The Hall–Kier alpha value is -9.11. The van der Waals surface area contributed by atoms with E-state index in [0.29, 0.717) is 23.1 Å². The summed E-state index contributed by atoms with van der Waals surface area (Å²) in [6.07, 6.45) is 29.2. The molecule has 7 amide bonds. The van der Waals surface area contributed by atoms with E-state index in [9.17, 15) is 33.6 Å². The maximum absolute atomic E-state index is 11.5. The van der Waals surface area contributed by atoms with Crippen molar-refractivity contribution in [1.82, 2.24) is 25.3 Å². The van der Waals surface area contributed by atoms with Crippen LogP contribution < -0.4 is 20.4 Å². The van der Waals surface area contributed by atoms with Crippen LogP contribution in [0, 0.1) is 0 Å². The van der Waals surface area contributed by atoms with Gasteiger partial charge < -0.3 is 30.4 Å². The van der Waals surface area contributed by atoms with Gasteiger partial charge in [0.25, 0.3) is 29.5 Å². The molecule has 74 heavy (non-hydrogen) atoms. The van der Waals surface area contributed by atoms with Crippen LogP contribution in [-0.4, -0.2) is 80.8 Å². The average Bonchev–Trinajstić information content (AvgIpc) is 4.27. The van der Waals surface area contributed by atoms with Crippen molar-refractivity contribution in [1.29, 1.82) is 0 Å². The maximum Gasteiger partial charge on any atom is 0.255 e. The Morgan fingerprint density at radius 3 is 1.41 bits per heavy atom. The molecule has 1 fully saturated rings. The molecule has 15 heteroatoms. The van der Waals surface area contributed by atoms with Gasteiger partial charge in [-0.3, -0.25) is 43.4 Å². The van der Waals surface area contributed by atoms with E-state index in [2.05, 4.69) is 63.6 Å². The van der Waals surface area contributed by atoms with Gasteiger partial charge in [-0.25, -0.2) is 0 Å². The van der Waals surface area contributed by atoms with Gasteiger partial charge in [0, 0.05) is 113 Å². The summed E-state index contributed by atoms with van der Waals surface area (Å²) in [7, 11) is 1.70. The molecule has 3 N–H and O–H groups in total. The van der Waals surface area contributed by atoms with Gasteiger partial charge >= 0.3 is 0 Å². The van der Waals surface area contributed by atoms with Crippen LogP contribution >= 0.6 is 0 Å². The molecule has 384 valence electrons. The SMILES string of the molecule is C=C1C=CC(=O)N1.C=C1C=CC(=O)N1C.C=C1C=CC(=O)N1C1CCCCC1.C=C1C=CC(=O)N1CCCC.C=C1C=CC(=O)N1c1ccc(O)cc1.C=C1C=CC(=O)N1c1ccccc1.C=C1NC(=O)C=C1C. The van der Waals surface area contributed by atoms with Crippen molar-refractivity contribution in [2.75, 3.05) is 23.4 Å². The molecular formula is C59H65N7O8. The number of nitrogens with zero attached hydrogens (tertiary/aromatic N) is 5. The summed E-state index contributed by atoms with van der Waals surface area (Å²) in [6.45, 7) is 30.6. The van der Waals surface area contributed by atoms with Crippen molar-refractivity contribution < 1.29 is 38.7 Å². The number of allylic oxidation sites excluding steroid dienone is 7. The second-order valence-electron chi connectivity index (χ2n) is 17.2. The Kier molecular flexibility index (Phi) is 21.8. The van der Waals surface area contributed by atoms with E-state index in [1.54, 1.807) is 71.5 Å². The molecule has 15 nitrogen and oxygen atoms in total. The number of nitrogens with one attached hydrogen (secondary N) is 2. The normalized spacial score (nSPS) is 18.0. The molecule has 0 saturated heterocycles. The number of phenolic OH excluding ortho intramolecular Hbond substituents is 1. The van der Waals surface area contributed by atoms with E-state index >= 15 is 0 Å². The first kappa shape index (κ1) is 57.5. The first-order chi connectivity index (χ1) is 35.2. The Labute approximate surface area is 434 Å². The lowest BCUT2D eigenvalue weighted by molar-refractivity contribution is -0.125. The van der Waals surface area contributed by atoms with Crippen molar-refractivity contribution in [3.05, 3.63) is 225 Å². The molecular weight excluding hydrogens is 935 g/mol. The predicted octanol–water partition coefficient (Wildman–Crippen LogP) is 9.13. The summed E-state index contributed by atoms with van der Waals surface area (Å²) < 4.78 is 0. The Morgan fingerprint density at radius 2 is 1.05 bits per heavy atom. The number of likely N-dealkylation sites (N-methyl/N-ethyl adjacent to an activating group) is 1. The van der Waals surface area contributed by atoms with Crippen LogP contribution in [-0.2, 0) is 33.6 Å². The van der Waals surface area contributed by atoms with Gasteiger partial charge in [-0.2, -0.15) is 0 Å². The van der Waals surface area contributed by atoms with Crippen molar-refractivity contribution >= 4 is 52.7 Å². The zero-order chi connectivity index (χ0) is 54.5. The van der Waals surface area contributed by atoms with Crippen LogP contribution in [0.15, 0.2) is 225 Å². The molecule has 1 saturated carbocycles. The monoisotopic (exact) mass is 999 g/mol. The molecule has 0 spiro atoms. The maximum atomic E-state index is 11.5. The smallest absolute Gasteiger partial charge is 0.255 e. The molecule has 0 bridgehead atoms. The zero-order valence-corrected chi connectivity index (χ0v) is 42.4. The lowest BCUT2D eigenvalue weighted by Gasteiger charge is -2.31. The van der Waals surface area contributed by atoms with E-state index in [1.165, 1.54) is 71.6 Å². The van der Waals surface area contributed by atoms with Gasteiger partial charge in [-0.15, -0.1) is 0 Å². The van der Waals surface area contributed by atoms with Crippen molar-refractivity contribution in [3.8, 4) is 5.75 Å². The van der Waals surface area contributed by atoms with Gasteiger partial charge in [0.1, 0.15) is 5.75 Å². The second-order valence-corrected chi connectivity index (χ2v) is 17.2. The van der Waals surface area contributed by atoms with E-state index in [-0.39, 0.29) is 47.1 Å². The molecule has 7 aliphatic heterocycles. The van der Waals surface area contributed by atoms with Crippen LogP contribution in [0.1, 0.15) is 58.8 Å². The lowest BCUT2D eigenvalue weighted by atomic mass is 9.94. The van der Waals surface area contributed by atoms with Crippen LogP contribution in [0.2, 0.25) is 0 Å². The molecule has 2 aromatic carbocycles. The van der Waals surface area contributed by atoms with Crippen LogP contribution in [0.5, 0.6) is 5.75 Å². The van der Waals surface area contributed by atoms with Gasteiger partial charge in [0.15, 0.2) is 0 Å². The minimum atomic E-state index is -0.110. The van der Waals surface area contributed by atoms with Crippen LogP contribution in [0.4, 0.5) is 11.4 Å². The largest absolute Gasteiger partial charge is 0.508 e. The third-order valence-corrected chi connectivity index (χ3v) is 11.6. The number of anilines is 2. The number of hydrogen-bond acceptors (Lipinski definition) is 8. The molecule has 2 aromatic rings. The molecule has 8 aliphatic rings. The topological polar surface area (TPSA) is 180 Å². The van der Waals surface area contributed by atoms with E-state index in [1.807, 2.05) is 48.2 Å². The van der Waals surface area contributed by atoms with Gasteiger partial charge in [0.2, 0.25) is 11.8 Å². The highest BCUT2D eigenvalue weighted by atomic mass is 16.3. The molecule has 10 rings (SSSR count). The number of aromatic hydroxyl groups is 1. The Morgan fingerprint density at radius 1 is 0.541 bits per heavy atom. The Balaban J connectivity index is 0.000000190. The fourth-order valence-corrected chi connectivity index (χ4v) is 7.48. The number of carbonyl (C=O) groups excluding carboxylic acids is 7. The van der Waals surface area contributed by atoms with Crippen molar-refractivity contribution in [3.63, 3.8) is 0 Å². The summed E-state index contributed by atoms with van der Waals surface area (Å²) in [5.41, 5.74) is 7.70. The third-order valence-electron chi connectivity index (χ3n) is 11.6. The number of unbranched alkanes of at least 4 members (excludes halogenated alkanes) is 1. The minimum Gasteiger partial charge on any atom is -0.508 e. The lowest BCUT2D eigenvalue weighted by Crippen LogP contribution is -2.36. The van der Waals surface area contributed by atoms with E-state index in [0.717, 1.165) is 72.0 Å². The molecule has 0 radical (unpaired) electrons. The fraction of sp³-hybridized carbons (Fsp3) is 0.203. The van der Waals surface area contributed by atoms with Gasteiger partial charge in [-0.05, 0) is 105 Å². The second kappa shape index (κ2) is 28.1. The predicted molar refractivity (Wildman–Crippen MR) is 291 cm³/mol. The highest BCUT2D eigenvalue weighted by molar-refractivity contribution is 6.08. The molecule has 0 aromatic heterocycles. The molecule has 0 atom stereocenters. The van der Waals surface area contributed by atoms with Crippen molar-refractivity contribution in [2.45, 2.75) is 64.8 Å². The first-order valence-corrected chi connectivity index (χ1v) is 23.9. The number of para-hydroxylation sites is 1. The Bertz CT molecular complexity index is 2690. The highest BCUT2D eigenvalue weighted by Gasteiger charge is 2.28. The number of benzene rings is 2. The summed E-state index contributed by atoms with van der Waals surface area (Å²) in [5.74, 6) is 0.101.